The maximum atomic E-state index is 12.3. The van der Waals surface area contributed by atoms with E-state index in [1.807, 2.05) is 18.2 Å². The number of hydrogen-bond acceptors (Lipinski definition) is 8. The van der Waals surface area contributed by atoms with Gasteiger partial charge in [0.05, 0.1) is 47.9 Å². The Morgan fingerprint density at radius 2 is 1.68 bits per heavy atom. The van der Waals surface area contributed by atoms with E-state index in [9.17, 15) is 14.4 Å². The molecule has 1 amide bonds. The summed E-state index contributed by atoms with van der Waals surface area (Å²) in [6.07, 6.45) is 0.863. The standard InChI is InChI=1S/C17H19N3O5.C8H11N/c1-4-24-15(21)9-13-10(3)16(22)20(19-13)14-7-6-11(8-12(14)18)17(23)25-5-2;1-2-7-5-3-4-6-8(7)9/h6-8H,3-5,9,18H2,1-2H3;3-6H,2,9H2,1H3. The van der Waals surface area contributed by atoms with E-state index in [1.54, 1.807) is 13.8 Å². The van der Waals surface area contributed by atoms with Gasteiger partial charge in [0.15, 0.2) is 0 Å². The first-order chi connectivity index (χ1) is 16.2. The summed E-state index contributed by atoms with van der Waals surface area (Å²) < 4.78 is 9.75. The molecule has 9 nitrogen and oxygen atoms in total. The highest BCUT2D eigenvalue weighted by Gasteiger charge is 2.32. The Balaban J connectivity index is 0.000000379. The Hall–Kier alpha value is -4.14. The highest BCUT2D eigenvalue weighted by molar-refractivity contribution is 6.32. The summed E-state index contributed by atoms with van der Waals surface area (Å²) >= 11 is 0. The number of hydrogen-bond donors (Lipinski definition) is 2. The average molecular weight is 467 g/mol. The van der Waals surface area contributed by atoms with Crippen molar-refractivity contribution in [2.24, 2.45) is 5.10 Å². The van der Waals surface area contributed by atoms with Gasteiger partial charge in [-0.3, -0.25) is 9.59 Å². The number of nitrogens with two attached hydrogens (primary N) is 2. The number of hydrazone groups is 1. The van der Waals surface area contributed by atoms with E-state index in [0.717, 1.165) is 17.1 Å². The largest absolute Gasteiger partial charge is 0.466 e. The maximum absolute atomic E-state index is 12.3. The van der Waals surface area contributed by atoms with Crippen LogP contribution < -0.4 is 16.5 Å². The van der Waals surface area contributed by atoms with Crippen LogP contribution in [0.1, 0.15) is 43.1 Å². The summed E-state index contributed by atoms with van der Waals surface area (Å²) in [5.41, 5.74) is 14.8. The third-order valence-electron chi connectivity index (χ3n) is 4.84. The second-order valence-corrected chi connectivity index (χ2v) is 7.17. The number of carbonyl (C=O) groups excluding carboxylic acids is 3. The fourth-order valence-electron chi connectivity index (χ4n) is 3.08. The van der Waals surface area contributed by atoms with Crippen LogP contribution in [0.15, 0.2) is 59.7 Å². The van der Waals surface area contributed by atoms with Gasteiger partial charge < -0.3 is 20.9 Å². The monoisotopic (exact) mass is 466 g/mol. The molecule has 1 aliphatic heterocycles. The van der Waals surface area contributed by atoms with Gasteiger partial charge in [0.2, 0.25) is 0 Å². The molecular formula is C25H30N4O5. The van der Waals surface area contributed by atoms with Gasteiger partial charge in [-0.1, -0.05) is 31.7 Å². The molecule has 0 aromatic heterocycles. The predicted octanol–water partition coefficient (Wildman–Crippen LogP) is 3.49. The van der Waals surface area contributed by atoms with Crippen LogP contribution in [0.4, 0.5) is 17.1 Å². The van der Waals surface area contributed by atoms with Crippen molar-refractivity contribution in [1.82, 2.24) is 0 Å². The molecule has 3 rings (SSSR count). The van der Waals surface area contributed by atoms with Crippen molar-refractivity contribution in [2.45, 2.75) is 33.6 Å². The van der Waals surface area contributed by atoms with Crippen LogP contribution in [-0.2, 0) is 25.5 Å². The van der Waals surface area contributed by atoms with Crippen molar-refractivity contribution in [1.29, 1.82) is 0 Å². The number of anilines is 3. The molecular weight excluding hydrogens is 436 g/mol. The normalized spacial score (nSPS) is 12.6. The number of carbonyl (C=O) groups is 3. The second kappa shape index (κ2) is 12.2. The Bertz CT molecular complexity index is 1110. The SMILES string of the molecule is C=C1C(=O)N(c2ccc(C(=O)OCC)cc2N)N=C1CC(=O)OCC.CCc1ccccc1N. The molecule has 0 saturated heterocycles. The van der Waals surface area contributed by atoms with Crippen molar-refractivity contribution in [3.05, 3.63) is 65.7 Å². The van der Waals surface area contributed by atoms with E-state index >= 15 is 0 Å². The van der Waals surface area contributed by atoms with E-state index in [1.165, 1.54) is 23.8 Å². The average Bonchev–Trinajstić information content (AvgIpc) is 3.08. The summed E-state index contributed by atoms with van der Waals surface area (Å²) in [6.45, 7) is 9.63. The van der Waals surface area contributed by atoms with Crippen molar-refractivity contribution in [3.63, 3.8) is 0 Å². The number of para-hydroxylation sites is 1. The van der Waals surface area contributed by atoms with E-state index in [-0.39, 0.29) is 47.9 Å². The molecule has 0 bridgehead atoms. The van der Waals surface area contributed by atoms with Gasteiger partial charge in [0.1, 0.15) is 0 Å². The van der Waals surface area contributed by atoms with Crippen LogP contribution in [0.3, 0.4) is 0 Å². The number of rotatable bonds is 7. The minimum atomic E-state index is -0.510. The number of nitrogens with zero attached hydrogens (tertiary/aromatic N) is 2. The van der Waals surface area contributed by atoms with E-state index in [4.69, 9.17) is 20.9 Å². The zero-order valence-electron chi connectivity index (χ0n) is 19.7. The molecule has 2 aromatic carbocycles. The third kappa shape index (κ3) is 6.44. The lowest BCUT2D eigenvalue weighted by Gasteiger charge is -2.14. The van der Waals surface area contributed by atoms with Crippen molar-refractivity contribution < 1.29 is 23.9 Å². The van der Waals surface area contributed by atoms with Crippen LogP contribution in [-0.4, -0.2) is 36.8 Å². The Morgan fingerprint density at radius 1 is 1.00 bits per heavy atom. The van der Waals surface area contributed by atoms with Crippen molar-refractivity contribution >= 4 is 40.6 Å². The highest BCUT2D eigenvalue weighted by Crippen LogP contribution is 2.30. The van der Waals surface area contributed by atoms with Crippen LogP contribution in [0.25, 0.3) is 0 Å². The summed E-state index contributed by atoms with van der Waals surface area (Å²) in [5, 5.41) is 5.17. The number of benzene rings is 2. The zero-order valence-corrected chi connectivity index (χ0v) is 19.7. The molecule has 0 radical (unpaired) electrons. The predicted molar refractivity (Wildman–Crippen MR) is 132 cm³/mol. The zero-order chi connectivity index (χ0) is 25.3. The lowest BCUT2D eigenvalue weighted by atomic mass is 10.1. The fourth-order valence-corrected chi connectivity index (χ4v) is 3.08. The fraction of sp³-hybridized carbons (Fsp3) is 0.280. The minimum Gasteiger partial charge on any atom is -0.466 e. The Kier molecular flexibility index (Phi) is 9.37. The smallest absolute Gasteiger partial charge is 0.338 e. The lowest BCUT2D eigenvalue weighted by Crippen LogP contribution is -2.22. The lowest BCUT2D eigenvalue weighted by molar-refractivity contribution is -0.141. The van der Waals surface area contributed by atoms with Gasteiger partial charge >= 0.3 is 11.9 Å². The van der Waals surface area contributed by atoms with Gasteiger partial charge in [-0.2, -0.15) is 10.1 Å². The van der Waals surface area contributed by atoms with Crippen LogP contribution >= 0.6 is 0 Å². The molecule has 0 spiro atoms. The first-order valence-electron chi connectivity index (χ1n) is 10.9. The van der Waals surface area contributed by atoms with Gasteiger partial charge in [0, 0.05) is 5.69 Å². The first-order valence-corrected chi connectivity index (χ1v) is 10.9. The van der Waals surface area contributed by atoms with E-state index < -0.39 is 17.8 Å². The van der Waals surface area contributed by atoms with Crippen LogP contribution in [0, 0.1) is 0 Å². The Morgan fingerprint density at radius 3 is 2.24 bits per heavy atom. The quantitative estimate of drug-likeness (QED) is 0.362. The topological polar surface area (TPSA) is 137 Å². The first kappa shape index (κ1) is 26.1. The summed E-state index contributed by atoms with van der Waals surface area (Å²) in [5.74, 6) is -1.50. The molecule has 0 unspecified atom stereocenters. The molecule has 0 fully saturated rings. The molecule has 2 aromatic rings. The molecule has 0 aliphatic carbocycles. The van der Waals surface area contributed by atoms with E-state index in [0.29, 0.717) is 0 Å². The number of amides is 1. The number of esters is 2. The number of aryl methyl sites for hydroxylation is 1. The molecule has 34 heavy (non-hydrogen) atoms. The molecule has 1 aliphatic rings. The van der Waals surface area contributed by atoms with E-state index in [2.05, 4.69) is 24.7 Å². The maximum Gasteiger partial charge on any atom is 0.338 e. The summed E-state index contributed by atoms with van der Waals surface area (Å²) in [7, 11) is 0. The molecule has 180 valence electrons. The molecule has 9 heteroatoms. The minimum absolute atomic E-state index is 0.0990. The number of ether oxygens (including phenoxy) is 2. The van der Waals surface area contributed by atoms with Crippen LogP contribution in [0.5, 0.6) is 0 Å². The molecule has 4 N–H and O–H groups in total. The second-order valence-electron chi connectivity index (χ2n) is 7.17. The Labute approximate surface area is 199 Å². The number of nitrogen functional groups attached to an aromatic ring is 2. The molecule has 0 saturated carbocycles. The molecule has 1 heterocycles. The van der Waals surface area contributed by atoms with Gasteiger partial charge in [-0.05, 0) is 50.1 Å². The van der Waals surface area contributed by atoms with Crippen LogP contribution in [0.2, 0.25) is 0 Å². The summed E-state index contributed by atoms with van der Waals surface area (Å²) in [6, 6.07) is 12.3. The van der Waals surface area contributed by atoms with Gasteiger partial charge in [-0.25, -0.2) is 4.79 Å². The molecule has 0 atom stereocenters. The highest BCUT2D eigenvalue weighted by atomic mass is 16.5. The van der Waals surface area contributed by atoms with Crippen molar-refractivity contribution in [3.8, 4) is 0 Å². The van der Waals surface area contributed by atoms with Crippen molar-refractivity contribution in [2.75, 3.05) is 29.7 Å². The van der Waals surface area contributed by atoms with Gasteiger partial charge in [-0.15, -0.1) is 0 Å². The third-order valence-corrected chi connectivity index (χ3v) is 4.84. The van der Waals surface area contributed by atoms with Gasteiger partial charge in [0.25, 0.3) is 5.91 Å². The summed E-state index contributed by atoms with van der Waals surface area (Å²) in [4.78, 5) is 35.7.